The summed E-state index contributed by atoms with van der Waals surface area (Å²) in [5.41, 5.74) is 0. The van der Waals surface area contributed by atoms with Crippen molar-refractivity contribution in [3.05, 3.63) is 38.9 Å². The van der Waals surface area contributed by atoms with Crippen molar-refractivity contribution >= 4 is 38.7 Å². The van der Waals surface area contributed by atoms with Gasteiger partial charge in [-0.3, -0.25) is 4.79 Å². The summed E-state index contributed by atoms with van der Waals surface area (Å²) in [6.45, 7) is 3.75. The molecule has 0 fully saturated rings. The lowest BCUT2D eigenvalue weighted by Crippen LogP contribution is -2.25. The van der Waals surface area contributed by atoms with Gasteiger partial charge in [-0.1, -0.05) is 0 Å². The fourth-order valence-electron chi connectivity index (χ4n) is 1.78. The van der Waals surface area contributed by atoms with E-state index in [2.05, 4.69) is 4.72 Å². The lowest BCUT2D eigenvalue weighted by molar-refractivity contribution is -0.136. The number of aryl methyl sites for hydroxylation is 1. The van der Waals surface area contributed by atoms with Crippen molar-refractivity contribution < 1.29 is 18.3 Å². The third kappa shape index (κ3) is 4.13. The van der Waals surface area contributed by atoms with Gasteiger partial charge in [0.2, 0.25) is 0 Å². The van der Waals surface area contributed by atoms with E-state index in [1.165, 1.54) is 12.1 Å². The van der Waals surface area contributed by atoms with Crippen molar-refractivity contribution in [2.45, 2.75) is 30.5 Å². The molecule has 8 heteroatoms. The maximum atomic E-state index is 12.3. The van der Waals surface area contributed by atoms with Gasteiger partial charge < -0.3 is 5.11 Å². The van der Waals surface area contributed by atoms with Gasteiger partial charge in [-0.05, 0) is 38.1 Å². The van der Waals surface area contributed by atoms with Crippen LogP contribution in [0.4, 0.5) is 0 Å². The molecule has 5 nitrogen and oxygen atoms in total. The van der Waals surface area contributed by atoms with Crippen molar-refractivity contribution in [3.8, 4) is 0 Å². The van der Waals surface area contributed by atoms with Crippen LogP contribution in [0.15, 0.2) is 28.5 Å². The standard InChI is InChI=1S/C13H15NO4S3/c1-8-3-5-11(19-8)9(2)14-21(17,18)13-6-4-10(20-13)7-12(15)16/h3-6,9,14H,7H2,1-2H3,(H,15,16). The monoisotopic (exact) mass is 345 g/mol. The molecule has 0 aromatic carbocycles. The highest BCUT2D eigenvalue weighted by Crippen LogP contribution is 2.26. The van der Waals surface area contributed by atoms with Crippen LogP contribution in [0, 0.1) is 6.92 Å². The Morgan fingerprint density at radius 1 is 1.29 bits per heavy atom. The van der Waals surface area contributed by atoms with Crippen LogP contribution in [0.2, 0.25) is 0 Å². The summed E-state index contributed by atoms with van der Waals surface area (Å²) in [5.74, 6) is -0.976. The van der Waals surface area contributed by atoms with Crippen LogP contribution in [0.5, 0.6) is 0 Å². The Hall–Kier alpha value is -1.22. The molecular weight excluding hydrogens is 330 g/mol. The van der Waals surface area contributed by atoms with Crippen molar-refractivity contribution in [1.82, 2.24) is 4.72 Å². The highest BCUT2D eigenvalue weighted by atomic mass is 32.2. The van der Waals surface area contributed by atoms with E-state index in [1.54, 1.807) is 18.3 Å². The van der Waals surface area contributed by atoms with E-state index in [0.29, 0.717) is 4.88 Å². The van der Waals surface area contributed by atoms with Gasteiger partial charge in [-0.2, -0.15) is 0 Å². The molecule has 21 heavy (non-hydrogen) atoms. The van der Waals surface area contributed by atoms with Crippen molar-refractivity contribution in [2.24, 2.45) is 0 Å². The first-order chi connectivity index (χ1) is 9.78. The average Bonchev–Trinajstić information content (AvgIpc) is 2.97. The second kappa shape index (κ2) is 6.27. The SMILES string of the molecule is Cc1ccc(C(C)NS(=O)(=O)c2ccc(CC(=O)O)s2)s1. The molecule has 0 spiro atoms. The van der Waals surface area contributed by atoms with Crippen molar-refractivity contribution in [3.63, 3.8) is 0 Å². The van der Waals surface area contributed by atoms with Crippen molar-refractivity contribution in [1.29, 1.82) is 0 Å². The summed E-state index contributed by atoms with van der Waals surface area (Å²) in [7, 11) is -3.63. The number of aliphatic carboxylic acids is 1. The number of hydrogen-bond donors (Lipinski definition) is 2. The molecule has 0 aliphatic rings. The molecule has 114 valence electrons. The van der Waals surface area contributed by atoms with E-state index in [-0.39, 0.29) is 16.7 Å². The number of thiophene rings is 2. The zero-order valence-corrected chi connectivity index (χ0v) is 13.9. The third-order valence-electron chi connectivity index (χ3n) is 2.75. The predicted octanol–water partition coefficient (Wildman–Crippen LogP) is 2.78. The molecule has 2 N–H and O–H groups in total. The first kappa shape index (κ1) is 16.2. The van der Waals surface area contributed by atoms with Gasteiger partial charge in [0.25, 0.3) is 10.0 Å². The van der Waals surface area contributed by atoms with Gasteiger partial charge in [0.1, 0.15) is 4.21 Å². The van der Waals surface area contributed by atoms with E-state index < -0.39 is 16.0 Å². The second-order valence-electron chi connectivity index (χ2n) is 4.58. The Morgan fingerprint density at radius 3 is 2.57 bits per heavy atom. The minimum atomic E-state index is -3.63. The molecular formula is C13H15NO4S3. The summed E-state index contributed by atoms with van der Waals surface area (Å²) in [4.78, 5) is 13.2. The summed E-state index contributed by atoms with van der Waals surface area (Å²) < 4.78 is 27.3. The van der Waals surface area contributed by atoms with Gasteiger partial charge in [0, 0.05) is 14.6 Å². The first-order valence-corrected chi connectivity index (χ1v) is 9.29. The minimum absolute atomic E-state index is 0.138. The highest BCUT2D eigenvalue weighted by Gasteiger charge is 2.21. The van der Waals surface area contributed by atoms with Gasteiger partial charge >= 0.3 is 5.97 Å². The molecule has 1 atom stereocenters. The van der Waals surface area contributed by atoms with E-state index in [0.717, 1.165) is 21.1 Å². The Bertz CT molecular complexity index is 745. The summed E-state index contributed by atoms with van der Waals surface area (Å²) >= 11 is 2.53. The molecule has 0 aliphatic carbocycles. The molecule has 0 aliphatic heterocycles. The zero-order valence-electron chi connectivity index (χ0n) is 11.5. The fraction of sp³-hybridized carbons (Fsp3) is 0.308. The Kier molecular flexibility index (Phi) is 4.82. The minimum Gasteiger partial charge on any atom is -0.481 e. The van der Waals surface area contributed by atoms with Gasteiger partial charge in [-0.25, -0.2) is 13.1 Å². The van der Waals surface area contributed by atoms with Crippen LogP contribution in [0.25, 0.3) is 0 Å². The van der Waals surface area contributed by atoms with Crippen molar-refractivity contribution in [2.75, 3.05) is 0 Å². The number of carbonyl (C=O) groups is 1. The lowest BCUT2D eigenvalue weighted by atomic mass is 10.3. The van der Waals surface area contributed by atoms with E-state index >= 15 is 0 Å². The van der Waals surface area contributed by atoms with Crippen LogP contribution < -0.4 is 4.72 Å². The largest absolute Gasteiger partial charge is 0.481 e. The fourth-order valence-corrected chi connectivity index (χ4v) is 5.32. The Morgan fingerprint density at radius 2 is 2.00 bits per heavy atom. The third-order valence-corrected chi connectivity index (χ3v) is 7.05. The quantitative estimate of drug-likeness (QED) is 0.843. The van der Waals surface area contributed by atoms with Crippen LogP contribution in [-0.2, 0) is 21.2 Å². The van der Waals surface area contributed by atoms with Gasteiger partial charge in [-0.15, -0.1) is 22.7 Å². The number of rotatable bonds is 6. The number of carboxylic acids is 1. The van der Waals surface area contributed by atoms with Crippen LogP contribution in [0.1, 0.15) is 27.6 Å². The van der Waals surface area contributed by atoms with Crippen LogP contribution in [-0.4, -0.2) is 19.5 Å². The normalized spacial score (nSPS) is 13.2. The first-order valence-electron chi connectivity index (χ1n) is 6.17. The van der Waals surface area contributed by atoms with E-state index in [9.17, 15) is 13.2 Å². The lowest BCUT2D eigenvalue weighted by Gasteiger charge is -2.11. The summed E-state index contributed by atoms with van der Waals surface area (Å²) in [6, 6.07) is 6.50. The second-order valence-corrected chi connectivity index (χ2v) is 9.01. The molecule has 2 aromatic rings. The molecule has 0 saturated heterocycles. The number of sulfonamides is 1. The number of carboxylic acid groups (broad SMARTS) is 1. The maximum Gasteiger partial charge on any atom is 0.308 e. The smallest absolute Gasteiger partial charge is 0.308 e. The van der Waals surface area contributed by atoms with Gasteiger partial charge in [0.05, 0.1) is 12.5 Å². The summed E-state index contributed by atoms with van der Waals surface area (Å²) in [6.07, 6.45) is -0.167. The van der Waals surface area contributed by atoms with E-state index in [4.69, 9.17) is 5.11 Å². The zero-order chi connectivity index (χ0) is 15.6. The Labute approximate surface area is 131 Å². The number of nitrogens with one attached hydrogen (secondary N) is 1. The molecule has 0 radical (unpaired) electrons. The molecule has 1 unspecified atom stereocenters. The molecule has 2 aromatic heterocycles. The van der Waals surface area contributed by atoms with E-state index in [1.807, 2.05) is 19.1 Å². The molecule has 2 rings (SSSR count). The number of hydrogen-bond acceptors (Lipinski definition) is 5. The predicted molar refractivity (Wildman–Crippen MR) is 83.5 cm³/mol. The Balaban J connectivity index is 2.14. The summed E-state index contributed by atoms with van der Waals surface area (Å²) in [5, 5.41) is 8.72. The molecule has 2 heterocycles. The van der Waals surface area contributed by atoms with Crippen LogP contribution in [0.3, 0.4) is 0 Å². The van der Waals surface area contributed by atoms with Crippen LogP contribution >= 0.6 is 22.7 Å². The topological polar surface area (TPSA) is 83.5 Å². The highest BCUT2D eigenvalue weighted by molar-refractivity contribution is 7.91. The molecule has 0 bridgehead atoms. The van der Waals surface area contributed by atoms with Gasteiger partial charge in [0.15, 0.2) is 0 Å². The molecule has 0 saturated carbocycles. The molecule has 0 amide bonds. The maximum absolute atomic E-state index is 12.3. The average molecular weight is 345 g/mol.